The number of carbonyl (C=O) groups excluding carboxylic acids is 1. The molecule has 1 unspecified atom stereocenters. The summed E-state index contributed by atoms with van der Waals surface area (Å²) >= 11 is 3.26. The first-order valence-electron chi connectivity index (χ1n) is 6.45. The van der Waals surface area contributed by atoms with Crippen LogP contribution in [0.15, 0.2) is 22.9 Å². The second kappa shape index (κ2) is 7.60. The highest BCUT2D eigenvalue weighted by Gasteiger charge is 2.16. The number of hydrogen-bond donors (Lipinski definition) is 1. The topological polar surface area (TPSA) is 45.2 Å². The lowest BCUT2D eigenvalue weighted by molar-refractivity contribution is 0.0924. The molecule has 0 aliphatic rings. The number of rotatable bonds is 6. The van der Waals surface area contributed by atoms with Gasteiger partial charge in [0.2, 0.25) is 0 Å². The molecule has 0 spiro atoms. The van der Waals surface area contributed by atoms with Gasteiger partial charge in [-0.1, -0.05) is 13.8 Å². The average molecular weight is 328 g/mol. The molecule has 0 aliphatic carbocycles. The van der Waals surface area contributed by atoms with E-state index in [0.717, 1.165) is 17.6 Å². The number of nitrogens with zero attached hydrogens (tertiary/aromatic N) is 2. The highest BCUT2D eigenvalue weighted by molar-refractivity contribution is 9.10. The first kappa shape index (κ1) is 16.1. The van der Waals surface area contributed by atoms with Gasteiger partial charge >= 0.3 is 0 Å². The van der Waals surface area contributed by atoms with Gasteiger partial charge in [0.25, 0.3) is 5.91 Å². The Morgan fingerprint density at radius 3 is 2.58 bits per heavy atom. The molecule has 1 amide bonds. The molecule has 1 aromatic rings. The molecular formula is C14H22BrN3O. The van der Waals surface area contributed by atoms with Crippen LogP contribution in [-0.2, 0) is 0 Å². The minimum Gasteiger partial charge on any atom is -0.348 e. The van der Waals surface area contributed by atoms with Crippen molar-refractivity contribution < 1.29 is 4.79 Å². The Hall–Kier alpha value is -0.940. The summed E-state index contributed by atoms with van der Waals surface area (Å²) in [5.41, 5.74) is 0.593. The number of nitrogens with one attached hydrogen (secondary N) is 1. The zero-order chi connectivity index (χ0) is 14.4. The second-order valence-electron chi connectivity index (χ2n) is 5.43. The van der Waals surface area contributed by atoms with Crippen molar-refractivity contribution in [1.29, 1.82) is 0 Å². The Morgan fingerprint density at radius 2 is 2.11 bits per heavy atom. The van der Waals surface area contributed by atoms with Crippen LogP contribution in [0.25, 0.3) is 0 Å². The van der Waals surface area contributed by atoms with Gasteiger partial charge in [-0.25, -0.2) is 4.98 Å². The standard InChI is InChI=1S/C14H22BrN3O/c1-10(2)7-12(9-18(3)4)17-14(19)11-5-6-13(15)16-8-11/h5-6,8,10,12H,7,9H2,1-4H3,(H,17,19). The van der Waals surface area contributed by atoms with Crippen LogP contribution in [0.4, 0.5) is 0 Å². The molecule has 1 N–H and O–H groups in total. The highest BCUT2D eigenvalue weighted by Crippen LogP contribution is 2.09. The normalized spacial score (nSPS) is 12.8. The lowest BCUT2D eigenvalue weighted by Gasteiger charge is -2.24. The van der Waals surface area contributed by atoms with Gasteiger partial charge < -0.3 is 10.2 Å². The Morgan fingerprint density at radius 1 is 1.42 bits per heavy atom. The number of hydrogen-bond acceptors (Lipinski definition) is 3. The molecule has 0 bridgehead atoms. The van der Waals surface area contributed by atoms with E-state index >= 15 is 0 Å². The molecule has 1 aromatic heterocycles. The van der Waals surface area contributed by atoms with Gasteiger partial charge in [0.15, 0.2) is 0 Å². The third-order valence-corrected chi connectivity index (χ3v) is 3.14. The summed E-state index contributed by atoms with van der Waals surface area (Å²) in [5, 5.41) is 3.08. The third-order valence-electron chi connectivity index (χ3n) is 2.67. The number of pyridine rings is 1. The highest BCUT2D eigenvalue weighted by atomic mass is 79.9. The predicted octanol–water partition coefficient (Wildman–Crippen LogP) is 2.55. The molecule has 0 fully saturated rings. The maximum absolute atomic E-state index is 12.1. The zero-order valence-electron chi connectivity index (χ0n) is 12.0. The van der Waals surface area contributed by atoms with E-state index in [1.54, 1.807) is 18.3 Å². The van der Waals surface area contributed by atoms with Crippen LogP contribution < -0.4 is 5.32 Å². The van der Waals surface area contributed by atoms with Gasteiger partial charge in [0.1, 0.15) is 4.60 Å². The molecule has 19 heavy (non-hydrogen) atoms. The molecule has 0 saturated heterocycles. The predicted molar refractivity (Wildman–Crippen MR) is 81.2 cm³/mol. The first-order chi connectivity index (χ1) is 8.88. The molecule has 0 aliphatic heterocycles. The Kier molecular flexibility index (Phi) is 6.45. The van der Waals surface area contributed by atoms with Crippen LogP contribution in [-0.4, -0.2) is 42.5 Å². The second-order valence-corrected chi connectivity index (χ2v) is 6.24. The summed E-state index contributed by atoms with van der Waals surface area (Å²) in [6, 6.07) is 3.71. The van der Waals surface area contributed by atoms with E-state index in [4.69, 9.17) is 0 Å². The summed E-state index contributed by atoms with van der Waals surface area (Å²) in [6.45, 7) is 5.17. The van der Waals surface area contributed by atoms with Crippen molar-refractivity contribution in [3.8, 4) is 0 Å². The Labute approximate surface area is 123 Å². The van der Waals surface area contributed by atoms with E-state index in [1.165, 1.54) is 0 Å². The van der Waals surface area contributed by atoms with Crippen LogP contribution in [0, 0.1) is 5.92 Å². The molecule has 0 aromatic carbocycles. The van der Waals surface area contributed by atoms with Crippen molar-refractivity contribution in [2.24, 2.45) is 5.92 Å². The van der Waals surface area contributed by atoms with E-state index < -0.39 is 0 Å². The van der Waals surface area contributed by atoms with Gasteiger partial charge in [0, 0.05) is 18.8 Å². The molecule has 5 heteroatoms. The van der Waals surface area contributed by atoms with E-state index in [-0.39, 0.29) is 11.9 Å². The van der Waals surface area contributed by atoms with Crippen molar-refractivity contribution >= 4 is 21.8 Å². The average Bonchev–Trinajstić information content (AvgIpc) is 2.27. The fourth-order valence-electron chi connectivity index (χ4n) is 1.97. The van der Waals surface area contributed by atoms with E-state index in [1.807, 2.05) is 14.1 Å². The molecular weight excluding hydrogens is 306 g/mol. The van der Waals surface area contributed by atoms with Crippen molar-refractivity contribution in [1.82, 2.24) is 15.2 Å². The Bertz CT molecular complexity index is 394. The Balaban J connectivity index is 2.66. The maximum Gasteiger partial charge on any atom is 0.253 e. The number of aromatic nitrogens is 1. The number of likely N-dealkylation sites (N-methyl/N-ethyl adjacent to an activating group) is 1. The van der Waals surface area contributed by atoms with Crippen LogP contribution >= 0.6 is 15.9 Å². The summed E-state index contributed by atoms with van der Waals surface area (Å²) in [7, 11) is 4.03. The van der Waals surface area contributed by atoms with Crippen LogP contribution in [0.1, 0.15) is 30.6 Å². The molecule has 4 nitrogen and oxygen atoms in total. The van der Waals surface area contributed by atoms with Gasteiger partial charge in [-0.2, -0.15) is 0 Å². The summed E-state index contributed by atoms with van der Waals surface area (Å²) in [5.74, 6) is 0.487. The minimum atomic E-state index is -0.0625. The monoisotopic (exact) mass is 327 g/mol. The molecule has 0 saturated carbocycles. The SMILES string of the molecule is CC(C)CC(CN(C)C)NC(=O)c1ccc(Br)nc1. The van der Waals surface area contributed by atoms with E-state index in [9.17, 15) is 4.79 Å². The van der Waals surface area contributed by atoms with E-state index in [2.05, 4.69) is 45.0 Å². The quantitative estimate of drug-likeness (QED) is 0.817. The van der Waals surface area contributed by atoms with Crippen LogP contribution in [0.2, 0.25) is 0 Å². The number of amides is 1. The smallest absolute Gasteiger partial charge is 0.253 e. The summed E-state index contributed by atoms with van der Waals surface area (Å²) in [6.07, 6.45) is 2.55. The van der Waals surface area contributed by atoms with Gasteiger partial charge in [0.05, 0.1) is 5.56 Å². The van der Waals surface area contributed by atoms with E-state index in [0.29, 0.717) is 11.5 Å². The van der Waals surface area contributed by atoms with Crippen molar-refractivity contribution in [2.45, 2.75) is 26.3 Å². The molecule has 0 radical (unpaired) electrons. The van der Waals surface area contributed by atoms with Gasteiger partial charge in [-0.15, -0.1) is 0 Å². The third kappa shape index (κ3) is 6.16. The van der Waals surface area contributed by atoms with Gasteiger partial charge in [-0.05, 0) is 54.5 Å². The van der Waals surface area contributed by atoms with Crippen LogP contribution in [0.5, 0.6) is 0 Å². The summed E-state index contributed by atoms with van der Waals surface area (Å²) in [4.78, 5) is 18.3. The van der Waals surface area contributed by atoms with Crippen LogP contribution in [0.3, 0.4) is 0 Å². The summed E-state index contributed by atoms with van der Waals surface area (Å²) < 4.78 is 0.732. The van der Waals surface area contributed by atoms with Crippen molar-refractivity contribution in [2.75, 3.05) is 20.6 Å². The lowest BCUT2D eigenvalue weighted by Crippen LogP contribution is -2.42. The number of carbonyl (C=O) groups is 1. The number of halogens is 1. The van der Waals surface area contributed by atoms with Crippen molar-refractivity contribution in [3.05, 3.63) is 28.5 Å². The first-order valence-corrected chi connectivity index (χ1v) is 7.25. The zero-order valence-corrected chi connectivity index (χ0v) is 13.6. The fourth-order valence-corrected chi connectivity index (χ4v) is 2.20. The minimum absolute atomic E-state index is 0.0625. The van der Waals surface area contributed by atoms with Crippen molar-refractivity contribution in [3.63, 3.8) is 0 Å². The fraction of sp³-hybridized carbons (Fsp3) is 0.571. The molecule has 1 heterocycles. The van der Waals surface area contributed by atoms with Gasteiger partial charge in [-0.3, -0.25) is 4.79 Å². The maximum atomic E-state index is 12.1. The molecule has 1 atom stereocenters. The lowest BCUT2D eigenvalue weighted by atomic mass is 10.0. The molecule has 106 valence electrons. The largest absolute Gasteiger partial charge is 0.348 e. The molecule has 1 rings (SSSR count).